The number of fused-ring (bicyclic) bond motifs is 1. The van der Waals surface area contributed by atoms with E-state index >= 15 is 0 Å². The number of ether oxygens (including phenoxy) is 2. The average molecular weight is 328 g/mol. The molecule has 24 heavy (non-hydrogen) atoms. The Kier molecular flexibility index (Phi) is 4.07. The van der Waals surface area contributed by atoms with E-state index in [0.29, 0.717) is 35.7 Å². The molecule has 0 atom stereocenters. The van der Waals surface area contributed by atoms with Crippen LogP contribution in [0.25, 0.3) is 0 Å². The lowest BCUT2D eigenvalue weighted by Gasteiger charge is -2.20. The van der Waals surface area contributed by atoms with Gasteiger partial charge in [-0.3, -0.25) is 14.9 Å². The van der Waals surface area contributed by atoms with E-state index in [1.54, 1.807) is 24.3 Å². The van der Waals surface area contributed by atoms with Crippen LogP contribution in [0.5, 0.6) is 11.5 Å². The lowest BCUT2D eigenvalue weighted by atomic mass is 10.1. The van der Waals surface area contributed by atoms with Crippen molar-refractivity contribution >= 4 is 17.3 Å². The number of methoxy groups -OCH3 is 2. The molecule has 0 radical (unpaired) electrons. The minimum Gasteiger partial charge on any atom is -0.496 e. The number of carbonyl (C=O) groups excluding carboxylic acids is 1. The number of hydrogen-bond donors (Lipinski definition) is 0. The molecule has 2 aromatic carbocycles. The van der Waals surface area contributed by atoms with Crippen molar-refractivity contribution in [3.05, 3.63) is 57.6 Å². The lowest BCUT2D eigenvalue weighted by molar-refractivity contribution is -0.384. The predicted molar refractivity (Wildman–Crippen MR) is 88.0 cm³/mol. The quantitative estimate of drug-likeness (QED) is 0.637. The van der Waals surface area contributed by atoms with Crippen LogP contribution in [0.1, 0.15) is 15.9 Å². The van der Waals surface area contributed by atoms with Crippen LogP contribution < -0.4 is 14.4 Å². The maximum absolute atomic E-state index is 13.0. The number of hydrogen-bond acceptors (Lipinski definition) is 5. The molecule has 0 spiro atoms. The van der Waals surface area contributed by atoms with Gasteiger partial charge in [-0.15, -0.1) is 0 Å². The Morgan fingerprint density at radius 1 is 1.17 bits per heavy atom. The first-order valence-corrected chi connectivity index (χ1v) is 7.37. The highest BCUT2D eigenvalue weighted by Gasteiger charge is 2.31. The summed E-state index contributed by atoms with van der Waals surface area (Å²) in [6, 6.07) is 9.68. The second-order valence-electron chi connectivity index (χ2n) is 5.31. The fraction of sp³-hybridized carbons (Fsp3) is 0.235. The smallest absolute Gasteiger partial charge is 0.271 e. The number of amides is 1. The first kappa shape index (κ1) is 15.8. The highest BCUT2D eigenvalue weighted by molar-refractivity contribution is 6.11. The van der Waals surface area contributed by atoms with Crippen molar-refractivity contribution in [1.29, 1.82) is 0 Å². The fourth-order valence-electron chi connectivity index (χ4n) is 2.89. The van der Waals surface area contributed by atoms with Gasteiger partial charge in [-0.05, 0) is 24.1 Å². The molecule has 0 saturated carbocycles. The number of carbonyl (C=O) groups is 1. The van der Waals surface area contributed by atoms with Gasteiger partial charge in [0.1, 0.15) is 17.1 Å². The van der Waals surface area contributed by atoms with Gasteiger partial charge < -0.3 is 14.4 Å². The van der Waals surface area contributed by atoms with E-state index in [2.05, 4.69) is 0 Å². The van der Waals surface area contributed by atoms with Crippen LogP contribution in [-0.2, 0) is 6.42 Å². The van der Waals surface area contributed by atoms with Crippen LogP contribution >= 0.6 is 0 Å². The predicted octanol–water partition coefficient (Wildman–Crippen LogP) is 2.81. The molecule has 1 amide bonds. The Morgan fingerprint density at radius 3 is 2.42 bits per heavy atom. The molecular formula is C17H16N2O5. The fourth-order valence-corrected chi connectivity index (χ4v) is 2.89. The molecule has 0 fully saturated rings. The second-order valence-corrected chi connectivity index (χ2v) is 5.31. The van der Waals surface area contributed by atoms with Crippen LogP contribution in [0.4, 0.5) is 11.4 Å². The zero-order chi connectivity index (χ0) is 17.3. The third kappa shape index (κ3) is 2.54. The number of nitro groups is 1. The van der Waals surface area contributed by atoms with Crippen molar-refractivity contribution in [3.8, 4) is 11.5 Å². The van der Waals surface area contributed by atoms with Crippen LogP contribution in [-0.4, -0.2) is 31.6 Å². The number of rotatable bonds is 4. The summed E-state index contributed by atoms with van der Waals surface area (Å²) in [5.41, 5.74) is 1.73. The maximum atomic E-state index is 13.0. The normalized spacial score (nSPS) is 12.7. The van der Waals surface area contributed by atoms with E-state index < -0.39 is 4.92 Å². The minimum absolute atomic E-state index is 0.0413. The molecule has 0 unspecified atom stereocenters. The Balaban J connectivity index is 2.06. The molecule has 7 heteroatoms. The van der Waals surface area contributed by atoms with Crippen LogP contribution in [0.3, 0.4) is 0 Å². The number of benzene rings is 2. The van der Waals surface area contributed by atoms with Crippen molar-refractivity contribution in [2.45, 2.75) is 6.42 Å². The van der Waals surface area contributed by atoms with Crippen molar-refractivity contribution < 1.29 is 19.2 Å². The van der Waals surface area contributed by atoms with Crippen molar-refractivity contribution in [3.63, 3.8) is 0 Å². The van der Waals surface area contributed by atoms with Gasteiger partial charge in [-0.2, -0.15) is 0 Å². The van der Waals surface area contributed by atoms with E-state index in [4.69, 9.17) is 9.47 Å². The van der Waals surface area contributed by atoms with Crippen molar-refractivity contribution in [2.75, 3.05) is 25.7 Å². The van der Waals surface area contributed by atoms with Gasteiger partial charge >= 0.3 is 0 Å². The molecule has 0 saturated heterocycles. The maximum Gasteiger partial charge on any atom is 0.271 e. The Morgan fingerprint density at radius 2 is 1.83 bits per heavy atom. The highest BCUT2D eigenvalue weighted by Crippen LogP contribution is 2.36. The summed E-state index contributed by atoms with van der Waals surface area (Å²) in [6.45, 7) is 0.455. The summed E-state index contributed by atoms with van der Waals surface area (Å²) in [4.78, 5) is 25.1. The summed E-state index contributed by atoms with van der Waals surface area (Å²) >= 11 is 0. The summed E-state index contributed by atoms with van der Waals surface area (Å²) in [5, 5.41) is 11.0. The van der Waals surface area contributed by atoms with E-state index in [0.717, 1.165) is 5.56 Å². The molecule has 0 bridgehead atoms. The number of non-ortho nitro benzene ring substituents is 1. The largest absolute Gasteiger partial charge is 0.496 e. The van der Waals surface area contributed by atoms with Crippen LogP contribution in [0, 0.1) is 10.1 Å². The summed E-state index contributed by atoms with van der Waals surface area (Å²) in [6.07, 6.45) is 0.649. The van der Waals surface area contributed by atoms with Crippen molar-refractivity contribution in [2.24, 2.45) is 0 Å². The van der Waals surface area contributed by atoms with Crippen LogP contribution in [0.15, 0.2) is 36.4 Å². The molecule has 0 aromatic heterocycles. The van der Waals surface area contributed by atoms with E-state index in [1.165, 1.54) is 31.3 Å². The number of anilines is 1. The van der Waals surface area contributed by atoms with Gasteiger partial charge in [0, 0.05) is 18.7 Å². The average Bonchev–Trinajstić information content (AvgIpc) is 3.03. The number of nitro benzene ring substituents is 1. The first-order valence-electron chi connectivity index (χ1n) is 7.37. The lowest BCUT2D eigenvalue weighted by Crippen LogP contribution is -2.29. The zero-order valence-corrected chi connectivity index (χ0v) is 13.3. The monoisotopic (exact) mass is 328 g/mol. The molecular weight excluding hydrogens is 312 g/mol. The Hall–Kier alpha value is -3.09. The highest BCUT2D eigenvalue weighted by atomic mass is 16.6. The summed E-state index contributed by atoms with van der Waals surface area (Å²) in [5.74, 6) is 0.500. The minimum atomic E-state index is -0.467. The van der Waals surface area contributed by atoms with Gasteiger partial charge in [-0.1, -0.05) is 12.1 Å². The first-order chi connectivity index (χ1) is 11.6. The van der Waals surface area contributed by atoms with Crippen molar-refractivity contribution in [1.82, 2.24) is 0 Å². The summed E-state index contributed by atoms with van der Waals surface area (Å²) < 4.78 is 10.6. The van der Waals surface area contributed by atoms with Gasteiger partial charge in [-0.25, -0.2) is 0 Å². The number of nitrogens with zero attached hydrogens (tertiary/aromatic N) is 2. The Labute approximate surface area is 138 Å². The van der Waals surface area contributed by atoms with Gasteiger partial charge in [0.15, 0.2) is 0 Å². The zero-order valence-electron chi connectivity index (χ0n) is 13.3. The standard InChI is InChI=1S/C17H16N2O5/c1-23-14-4-3-5-15(24-2)16(14)17(20)18-9-8-11-6-7-12(19(21)22)10-13(11)18/h3-7,10H,8-9H2,1-2H3. The molecule has 2 aromatic rings. The van der Waals surface area contributed by atoms with Gasteiger partial charge in [0.25, 0.3) is 11.6 Å². The molecule has 0 aliphatic carbocycles. The van der Waals surface area contributed by atoms with Gasteiger partial charge in [0.05, 0.1) is 24.8 Å². The third-order valence-corrected chi connectivity index (χ3v) is 4.06. The van der Waals surface area contributed by atoms with Gasteiger partial charge in [0.2, 0.25) is 0 Å². The molecule has 0 N–H and O–H groups in total. The third-order valence-electron chi connectivity index (χ3n) is 4.06. The molecule has 1 heterocycles. The Bertz CT molecular complexity index is 796. The molecule has 1 aliphatic heterocycles. The molecule has 7 nitrogen and oxygen atoms in total. The van der Waals surface area contributed by atoms with E-state index in [-0.39, 0.29) is 11.6 Å². The summed E-state index contributed by atoms with van der Waals surface area (Å²) in [7, 11) is 2.96. The molecule has 3 rings (SSSR count). The SMILES string of the molecule is COc1cccc(OC)c1C(=O)N1CCc2ccc([N+](=O)[O-])cc21. The molecule has 124 valence electrons. The second kappa shape index (κ2) is 6.19. The van der Waals surface area contributed by atoms with Crippen LogP contribution in [0.2, 0.25) is 0 Å². The molecule has 1 aliphatic rings. The topological polar surface area (TPSA) is 81.9 Å². The van der Waals surface area contributed by atoms with E-state index in [1.807, 2.05) is 0 Å². The van der Waals surface area contributed by atoms with E-state index in [9.17, 15) is 14.9 Å².